The third-order valence-electron chi connectivity index (χ3n) is 5.38. The third-order valence-corrected chi connectivity index (χ3v) is 6.33. The van der Waals surface area contributed by atoms with Crippen LogP contribution in [0.1, 0.15) is 37.8 Å². The van der Waals surface area contributed by atoms with Gasteiger partial charge in [0.15, 0.2) is 11.0 Å². The minimum absolute atomic E-state index is 0.0270. The van der Waals surface area contributed by atoms with Gasteiger partial charge in [-0.1, -0.05) is 30.6 Å². The quantitative estimate of drug-likeness (QED) is 0.350. The molecular formula is C22H20F3N5OS. The first-order chi connectivity index (χ1) is 15.4. The molecule has 0 saturated heterocycles. The number of nitrogens with one attached hydrogen (secondary N) is 2. The highest BCUT2D eigenvalue weighted by molar-refractivity contribution is 7.22. The predicted molar refractivity (Wildman–Crippen MR) is 117 cm³/mol. The maximum atomic E-state index is 12.8. The summed E-state index contributed by atoms with van der Waals surface area (Å²) in [6, 6.07) is 9.30. The Morgan fingerprint density at radius 3 is 2.62 bits per heavy atom. The molecule has 0 unspecified atom stereocenters. The van der Waals surface area contributed by atoms with E-state index in [2.05, 4.69) is 25.3 Å². The number of ether oxygens (including phenoxy) is 1. The summed E-state index contributed by atoms with van der Waals surface area (Å²) in [6.45, 7) is 0. The van der Waals surface area contributed by atoms with Crippen LogP contribution in [0.4, 0.5) is 18.3 Å². The molecule has 10 heteroatoms. The van der Waals surface area contributed by atoms with E-state index in [1.807, 2.05) is 18.2 Å². The summed E-state index contributed by atoms with van der Waals surface area (Å²) in [6.07, 6.45) is 3.89. The van der Waals surface area contributed by atoms with Crippen LogP contribution in [0.2, 0.25) is 0 Å². The number of anilines is 1. The number of aromatic nitrogens is 4. The van der Waals surface area contributed by atoms with E-state index in [0.29, 0.717) is 17.5 Å². The van der Waals surface area contributed by atoms with Gasteiger partial charge >= 0.3 is 6.18 Å². The van der Waals surface area contributed by atoms with E-state index in [0.717, 1.165) is 21.5 Å². The molecule has 4 aromatic rings. The van der Waals surface area contributed by atoms with E-state index in [-0.39, 0.29) is 11.5 Å². The predicted octanol–water partition coefficient (Wildman–Crippen LogP) is 6.64. The Morgan fingerprint density at radius 2 is 1.84 bits per heavy atom. The number of hydrogen-bond acceptors (Lipinski definition) is 6. The van der Waals surface area contributed by atoms with Crippen LogP contribution in [0.25, 0.3) is 21.7 Å². The lowest BCUT2D eigenvalue weighted by Gasteiger charge is -2.22. The first-order valence-corrected chi connectivity index (χ1v) is 11.2. The van der Waals surface area contributed by atoms with Gasteiger partial charge in [0.1, 0.15) is 22.9 Å². The third kappa shape index (κ3) is 4.55. The molecule has 6 nitrogen and oxygen atoms in total. The zero-order valence-corrected chi connectivity index (χ0v) is 17.8. The van der Waals surface area contributed by atoms with Crippen molar-refractivity contribution in [3.8, 4) is 23.0 Å². The number of pyridine rings is 1. The van der Waals surface area contributed by atoms with Crippen LogP contribution in [0.3, 0.4) is 0 Å². The molecule has 2 N–H and O–H groups in total. The number of thiazole rings is 1. The second-order valence-corrected chi connectivity index (χ2v) is 8.78. The van der Waals surface area contributed by atoms with Gasteiger partial charge in [0.25, 0.3) is 0 Å². The summed E-state index contributed by atoms with van der Waals surface area (Å²) >= 11 is 1.58. The van der Waals surface area contributed by atoms with Crippen LogP contribution in [-0.4, -0.2) is 26.0 Å². The van der Waals surface area contributed by atoms with Crippen LogP contribution < -0.4 is 10.1 Å². The number of benzene rings is 1. The Hall–Kier alpha value is -3.14. The lowest BCUT2D eigenvalue weighted by atomic mass is 9.96. The maximum absolute atomic E-state index is 12.8. The molecule has 166 valence electrons. The van der Waals surface area contributed by atoms with Crippen molar-refractivity contribution in [3.05, 3.63) is 48.4 Å². The second-order valence-electron chi connectivity index (χ2n) is 7.75. The van der Waals surface area contributed by atoms with Gasteiger partial charge in [-0.25, -0.2) is 9.97 Å². The van der Waals surface area contributed by atoms with Crippen molar-refractivity contribution in [2.75, 3.05) is 5.32 Å². The molecule has 0 aliphatic heterocycles. The molecule has 1 fully saturated rings. The van der Waals surface area contributed by atoms with E-state index in [9.17, 15) is 13.2 Å². The minimum atomic E-state index is -4.49. The Balaban J connectivity index is 1.33. The number of aromatic amines is 1. The highest BCUT2D eigenvalue weighted by Gasteiger charge is 2.33. The van der Waals surface area contributed by atoms with Crippen LogP contribution in [0, 0.1) is 0 Å². The number of alkyl halides is 3. The smallest absolute Gasteiger partial charge is 0.432 e. The van der Waals surface area contributed by atoms with Gasteiger partial charge in [-0.05, 0) is 31.0 Å². The maximum Gasteiger partial charge on any atom is 0.432 e. The summed E-state index contributed by atoms with van der Waals surface area (Å²) in [5, 5.41) is 4.46. The molecule has 0 spiro atoms. The topological polar surface area (TPSA) is 75.7 Å². The fraction of sp³-hybridized carbons (Fsp3) is 0.318. The molecule has 3 heterocycles. The summed E-state index contributed by atoms with van der Waals surface area (Å²) < 4.78 is 45.4. The zero-order chi connectivity index (χ0) is 22.1. The number of H-pyrrole nitrogens is 1. The van der Waals surface area contributed by atoms with E-state index in [4.69, 9.17) is 4.74 Å². The number of rotatable bonds is 5. The largest absolute Gasteiger partial charge is 0.457 e. The molecule has 1 aliphatic carbocycles. The fourth-order valence-electron chi connectivity index (χ4n) is 3.79. The highest BCUT2D eigenvalue weighted by Crippen LogP contribution is 2.34. The van der Waals surface area contributed by atoms with Gasteiger partial charge in [-0.3, -0.25) is 4.98 Å². The second kappa shape index (κ2) is 8.42. The molecule has 3 aromatic heterocycles. The lowest BCUT2D eigenvalue weighted by Crippen LogP contribution is -2.21. The normalized spacial score (nSPS) is 15.2. The molecule has 0 atom stereocenters. The zero-order valence-electron chi connectivity index (χ0n) is 16.9. The number of nitrogens with zero attached hydrogens (tertiary/aromatic N) is 3. The van der Waals surface area contributed by atoms with Crippen molar-refractivity contribution in [1.82, 2.24) is 19.9 Å². The Bertz CT molecular complexity index is 1230. The summed E-state index contributed by atoms with van der Waals surface area (Å²) in [4.78, 5) is 14.8. The number of halogens is 3. The SMILES string of the molecule is FC(F)(F)c1cnc(-c2cc(Oc3ccc4nc(NC5CCCCC5)sc4c3)ccn2)[nH]1. The number of imidazole rings is 1. The standard InChI is InChI=1S/C22H20F3N5OS/c23-22(24,25)19-12-27-20(30-19)17-10-15(8-9-26-17)31-14-6-7-16-18(11-14)32-21(29-16)28-13-4-2-1-3-5-13/h6-13H,1-5H2,(H,27,30)(H,28,29). The van der Waals surface area contributed by atoms with E-state index in [1.165, 1.54) is 38.3 Å². The molecule has 1 aromatic carbocycles. The first kappa shape index (κ1) is 20.7. The summed E-state index contributed by atoms with van der Waals surface area (Å²) in [5.74, 6) is 1.08. The number of fused-ring (bicyclic) bond motifs is 1. The molecule has 5 rings (SSSR count). The molecule has 0 bridgehead atoms. The lowest BCUT2D eigenvalue weighted by molar-refractivity contribution is -0.140. The van der Waals surface area contributed by atoms with Crippen molar-refractivity contribution < 1.29 is 17.9 Å². The van der Waals surface area contributed by atoms with Gasteiger partial charge < -0.3 is 15.0 Å². The van der Waals surface area contributed by atoms with Crippen LogP contribution in [-0.2, 0) is 6.18 Å². The molecule has 0 radical (unpaired) electrons. The van der Waals surface area contributed by atoms with E-state index < -0.39 is 11.9 Å². The average molecular weight is 459 g/mol. The Kier molecular flexibility index (Phi) is 5.46. The number of hydrogen-bond donors (Lipinski definition) is 2. The summed E-state index contributed by atoms with van der Waals surface area (Å²) in [7, 11) is 0. The van der Waals surface area contributed by atoms with Crippen molar-refractivity contribution in [2.24, 2.45) is 0 Å². The molecule has 0 amide bonds. The van der Waals surface area contributed by atoms with Gasteiger partial charge in [0.2, 0.25) is 0 Å². The van der Waals surface area contributed by atoms with Gasteiger partial charge in [-0.15, -0.1) is 0 Å². The monoisotopic (exact) mass is 459 g/mol. The molecular weight excluding hydrogens is 439 g/mol. The Labute approximate surface area is 185 Å². The van der Waals surface area contributed by atoms with E-state index in [1.54, 1.807) is 23.5 Å². The highest BCUT2D eigenvalue weighted by atomic mass is 32.1. The fourth-order valence-corrected chi connectivity index (χ4v) is 4.76. The Morgan fingerprint density at radius 1 is 1.03 bits per heavy atom. The molecule has 1 saturated carbocycles. The van der Waals surface area contributed by atoms with Crippen molar-refractivity contribution >= 4 is 26.7 Å². The minimum Gasteiger partial charge on any atom is -0.457 e. The molecule has 32 heavy (non-hydrogen) atoms. The van der Waals surface area contributed by atoms with Crippen molar-refractivity contribution in [2.45, 2.75) is 44.3 Å². The van der Waals surface area contributed by atoms with Crippen LogP contribution >= 0.6 is 11.3 Å². The van der Waals surface area contributed by atoms with Crippen molar-refractivity contribution in [3.63, 3.8) is 0 Å². The van der Waals surface area contributed by atoms with Gasteiger partial charge in [0.05, 0.1) is 16.4 Å². The first-order valence-electron chi connectivity index (χ1n) is 10.4. The van der Waals surface area contributed by atoms with Crippen molar-refractivity contribution in [1.29, 1.82) is 0 Å². The summed E-state index contributed by atoms with van der Waals surface area (Å²) in [5.41, 5.74) is 0.232. The van der Waals surface area contributed by atoms with Gasteiger partial charge in [-0.2, -0.15) is 13.2 Å². The van der Waals surface area contributed by atoms with Crippen LogP contribution in [0.5, 0.6) is 11.5 Å². The molecule has 1 aliphatic rings. The van der Waals surface area contributed by atoms with E-state index >= 15 is 0 Å². The van der Waals surface area contributed by atoms with Crippen LogP contribution in [0.15, 0.2) is 42.7 Å². The van der Waals surface area contributed by atoms with Gasteiger partial charge in [0, 0.05) is 24.4 Å². The average Bonchev–Trinajstić information content (AvgIpc) is 3.41.